The Hall–Kier alpha value is -2.57. The smallest absolute Gasteiger partial charge is 0.259 e. The Morgan fingerprint density at radius 1 is 1.12 bits per heavy atom. The van der Waals surface area contributed by atoms with Gasteiger partial charge in [0.2, 0.25) is 0 Å². The minimum Gasteiger partial charge on any atom is -0.497 e. The van der Waals surface area contributed by atoms with E-state index in [-0.39, 0.29) is 12.5 Å². The molecule has 0 aliphatic heterocycles. The molecule has 2 aromatic rings. The van der Waals surface area contributed by atoms with Crippen LogP contribution in [0.1, 0.15) is 15.9 Å². The minimum absolute atomic E-state index is 0.224. The van der Waals surface area contributed by atoms with E-state index in [0.29, 0.717) is 26.9 Å². The van der Waals surface area contributed by atoms with Crippen LogP contribution < -0.4 is 15.5 Å². The van der Waals surface area contributed by atoms with E-state index in [9.17, 15) is 9.59 Å². The number of hydrazone groups is 1. The summed E-state index contributed by atoms with van der Waals surface area (Å²) in [5, 5.41) is 7.10. The van der Waals surface area contributed by atoms with Crippen LogP contribution in [0.25, 0.3) is 0 Å². The lowest BCUT2D eigenvalue weighted by atomic mass is 10.2. The zero-order valence-corrected chi connectivity index (χ0v) is 14.8. The first-order valence-electron chi connectivity index (χ1n) is 7.19. The molecule has 25 heavy (non-hydrogen) atoms. The number of benzene rings is 2. The molecule has 0 unspecified atom stereocenters. The monoisotopic (exact) mass is 379 g/mol. The zero-order valence-electron chi connectivity index (χ0n) is 13.3. The van der Waals surface area contributed by atoms with Crippen molar-refractivity contribution in [2.75, 3.05) is 13.7 Å². The van der Waals surface area contributed by atoms with Crippen LogP contribution in [0.4, 0.5) is 0 Å². The van der Waals surface area contributed by atoms with E-state index in [1.807, 2.05) is 0 Å². The van der Waals surface area contributed by atoms with Crippen molar-refractivity contribution < 1.29 is 14.3 Å². The van der Waals surface area contributed by atoms with Crippen molar-refractivity contribution in [2.24, 2.45) is 5.10 Å². The van der Waals surface area contributed by atoms with Gasteiger partial charge in [-0.2, -0.15) is 5.10 Å². The number of hydrogen-bond acceptors (Lipinski definition) is 4. The van der Waals surface area contributed by atoms with E-state index in [1.165, 1.54) is 13.3 Å². The molecular weight excluding hydrogens is 365 g/mol. The van der Waals surface area contributed by atoms with Gasteiger partial charge in [-0.05, 0) is 36.4 Å². The van der Waals surface area contributed by atoms with E-state index in [4.69, 9.17) is 27.9 Å². The summed E-state index contributed by atoms with van der Waals surface area (Å²) in [6, 6.07) is 11.5. The summed E-state index contributed by atoms with van der Waals surface area (Å²) in [7, 11) is 1.54. The average molecular weight is 380 g/mol. The molecule has 2 amide bonds. The highest BCUT2D eigenvalue weighted by molar-refractivity contribution is 6.38. The molecule has 0 fully saturated rings. The number of rotatable bonds is 6. The van der Waals surface area contributed by atoms with Crippen molar-refractivity contribution in [2.45, 2.75) is 0 Å². The predicted molar refractivity (Wildman–Crippen MR) is 97.5 cm³/mol. The molecule has 0 spiro atoms. The highest BCUT2D eigenvalue weighted by Crippen LogP contribution is 2.21. The lowest BCUT2D eigenvalue weighted by Gasteiger charge is -2.05. The first kappa shape index (κ1) is 18.8. The van der Waals surface area contributed by atoms with Crippen molar-refractivity contribution in [3.8, 4) is 5.75 Å². The molecule has 0 bridgehead atoms. The van der Waals surface area contributed by atoms with Gasteiger partial charge in [-0.15, -0.1) is 0 Å². The van der Waals surface area contributed by atoms with Crippen molar-refractivity contribution in [1.82, 2.24) is 10.7 Å². The third kappa shape index (κ3) is 5.48. The van der Waals surface area contributed by atoms with E-state index in [0.717, 1.165) is 0 Å². The zero-order chi connectivity index (χ0) is 18.2. The largest absolute Gasteiger partial charge is 0.497 e. The molecule has 0 saturated carbocycles. The molecule has 0 aliphatic rings. The number of amides is 2. The normalized spacial score (nSPS) is 10.5. The molecule has 2 rings (SSSR count). The molecule has 2 aromatic carbocycles. The molecular formula is C17H15Cl2N3O3. The summed E-state index contributed by atoms with van der Waals surface area (Å²) in [6.07, 6.45) is 1.34. The van der Waals surface area contributed by atoms with Gasteiger partial charge in [0, 0.05) is 11.1 Å². The minimum atomic E-state index is -0.485. The van der Waals surface area contributed by atoms with Crippen LogP contribution >= 0.6 is 23.2 Å². The van der Waals surface area contributed by atoms with Gasteiger partial charge in [-0.25, -0.2) is 5.43 Å². The second kappa shape index (κ2) is 9.05. The lowest BCUT2D eigenvalue weighted by molar-refractivity contribution is -0.120. The summed E-state index contributed by atoms with van der Waals surface area (Å²) in [6.45, 7) is -0.224. The standard InChI is InChI=1S/C17H15Cl2N3O3/c1-25-12-7-5-11(6-8-12)17(24)20-10-16(23)22-21-9-13-14(18)3-2-4-15(13)19/h2-9H,10H2,1H3,(H,20,24)(H,22,23)/b21-9+. The third-order valence-electron chi connectivity index (χ3n) is 3.14. The lowest BCUT2D eigenvalue weighted by Crippen LogP contribution is -2.34. The summed E-state index contributed by atoms with van der Waals surface area (Å²) in [4.78, 5) is 23.6. The van der Waals surface area contributed by atoms with Crippen LogP contribution in [0.3, 0.4) is 0 Å². The van der Waals surface area contributed by atoms with E-state index in [2.05, 4.69) is 15.8 Å². The summed E-state index contributed by atoms with van der Waals surface area (Å²) in [5.74, 6) is -0.223. The number of carbonyl (C=O) groups excluding carboxylic acids is 2. The van der Waals surface area contributed by atoms with Gasteiger partial charge in [-0.3, -0.25) is 9.59 Å². The van der Waals surface area contributed by atoms with Gasteiger partial charge in [-0.1, -0.05) is 29.3 Å². The molecule has 2 N–H and O–H groups in total. The second-order valence-corrected chi connectivity index (χ2v) is 5.65. The number of carbonyl (C=O) groups is 2. The van der Waals surface area contributed by atoms with Crippen molar-refractivity contribution in [1.29, 1.82) is 0 Å². The van der Waals surface area contributed by atoms with Crippen molar-refractivity contribution in [3.05, 3.63) is 63.6 Å². The number of ether oxygens (including phenoxy) is 1. The molecule has 0 heterocycles. The van der Waals surface area contributed by atoms with Crippen LogP contribution in [-0.4, -0.2) is 31.7 Å². The summed E-state index contributed by atoms with van der Waals surface area (Å²) in [5.41, 5.74) is 3.20. The molecule has 0 saturated heterocycles. The van der Waals surface area contributed by atoms with Crippen LogP contribution in [0.5, 0.6) is 5.75 Å². The highest BCUT2D eigenvalue weighted by Gasteiger charge is 2.08. The molecule has 130 valence electrons. The Morgan fingerprint density at radius 3 is 2.36 bits per heavy atom. The SMILES string of the molecule is COc1ccc(C(=O)NCC(=O)N/N=C/c2c(Cl)cccc2Cl)cc1. The predicted octanol–water partition coefficient (Wildman–Crippen LogP) is 2.88. The van der Waals surface area contributed by atoms with Crippen LogP contribution in [0.2, 0.25) is 10.0 Å². The number of hydrogen-bond donors (Lipinski definition) is 2. The highest BCUT2D eigenvalue weighted by atomic mass is 35.5. The van der Waals surface area contributed by atoms with Crippen LogP contribution in [-0.2, 0) is 4.79 Å². The van der Waals surface area contributed by atoms with Crippen LogP contribution in [0.15, 0.2) is 47.6 Å². The van der Waals surface area contributed by atoms with Crippen molar-refractivity contribution >= 4 is 41.2 Å². The quantitative estimate of drug-likeness (QED) is 0.598. The summed E-state index contributed by atoms with van der Waals surface area (Å²) < 4.78 is 5.01. The van der Waals surface area contributed by atoms with E-state index < -0.39 is 5.91 Å². The van der Waals surface area contributed by atoms with Crippen molar-refractivity contribution in [3.63, 3.8) is 0 Å². The maximum atomic E-state index is 11.9. The fourth-order valence-corrected chi connectivity index (χ4v) is 2.34. The summed E-state index contributed by atoms with van der Waals surface area (Å²) >= 11 is 12.0. The first-order valence-corrected chi connectivity index (χ1v) is 7.95. The first-order chi connectivity index (χ1) is 12.0. The number of nitrogens with zero attached hydrogens (tertiary/aromatic N) is 1. The Bertz CT molecular complexity index is 772. The van der Waals surface area contributed by atoms with Gasteiger partial charge >= 0.3 is 0 Å². The molecule has 0 radical (unpaired) electrons. The average Bonchev–Trinajstić information content (AvgIpc) is 2.62. The second-order valence-electron chi connectivity index (χ2n) is 4.84. The van der Waals surface area contributed by atoms with Crippen LogP contribution in [0, 0.1) is 0 Å². The van der Waals surface area contributed by atoms with E-state index in [1.54, 1.807) is 42.5 Å². The fourth-order valence-electron chi connectivity index (χ4n) is 1.85. The topological polar surface area (TPSA) is 79.8 Å². The molecule has 6 nitrogen and oxygen atoms in total. The maximum absolute atomic E-state index is 11.9. The van der Waals surface area contributed by atoms with Gasteiger partial charge in [0.25, 0.3) is 11.8 Å². The van der Waals surface area contributed by atoms with Gasteiger partial charge in [0.05, 0.1) is 29.9 Å². The molecule has 8 heteroatoms. The third-order valence-corrected chi connectivity index (χ3v) is 3.80. The Kier molecular flexibility index (Phi) is 6.80. The molecule has 0 aliphatic carbocycles. The fraction of sp³-hybridized carbons (Fsp3) is 0.118. The van der Waals surface area contributed by atoms with Gasteiger partial charge < -0.3 is 10.1 Å². The Balaban J connectivity index is 1.84. The number of nitrogens with one attached hydrogen (secondary N) is 2. The van der Waals surface area contributed by atoms with Gasteiger partial charge in [0.15, 0.2) is 0 Å². The van der Waals surface area contributed by atoms with E-state index >= 15 is 0 Å². The number of methoxy groups -OCH3 is 1. The number of halogens is 2. The maximum Gasteiger partial charge on any atom is 0.259 e. The molecule has 0 aromatic heterocycles. The molecule has 0 atom stereocenters. The van der Waals surface area contributed by atoms with Gasteiger partial charge in [0.1, 0.15) is 5.75 Å². The Labute approximate surface area is 154 Å². The Morgan fingerprint density at radius 2 is 1.76 bits per heavy atom.